The van der Waals surface area contributed by atoms with E-state index in [0.29, 0.717) is 34.6 Å². The molecular formula is C30H43N4O7PS. The Bertz CT molecular complexity index is 1530. The maximum Gasteiger partial charge on any atom is 0.330 e. The summed E-state index contributed by atoms with van der Waals surface area (Å²) in [6.07, 6.45) is 1.00. The van der Waals surface area contributed by atoms with Crippen LogP contribution in [0.3, 0.4) is 0 Å². The molecule has 13 heteroatoms. The van der Waals surface area contributed by atoms with E-state index >= 15 is 0 Å². The first-order valence-corrected chi connectivity index (χ1v) is 16.9. The molecule has 0 saturated heterocycles. The molecule has 2 atom stereocenters. The molecule has 3 rings (SSSR count). The number of H-pyrrole nitrogens is 1. The molecule has 0 spiro atoms. The van der Waals surface area contributed by atoms with Crippen LogP contribution in [-0.2, 0) is 25.0 Å². The van der Waals surface area contributed by atoms with Crippen molar-refractivity contribution < 1.29 is 28.3 Å². The van der Waals surface area contributed by atoms with Crippen LogP contribution in [0.1, 0.15) is 68.5 Å². The van der Waals surface area contributed by atoms with Gasteiger partial charge in [-0.05, 0) is 74.8 Å². The molecule has 0 radical (unpaired) electrons. The topological polar surface area (TPSA) is 151 Å². The minimum atomic E-state index is -3.23. The Morgan fingerprint density at radius 2 is 1.84 bits per heavy atom. The number of carboxylic acid groups (broad SMARTS) is 1. The molecule has 2 aromatic heterocycles. The molecule has 1 amide bonds. The third-order valence-corrected chi connectivity index (χ3v) is 10.5. The Balaban J connectivity index is 1.64. The molecule has 0 bridgehead atoms. The molecule has 1 aromatic carbocycles. The highest BCUT2D eigenvalue weighted by atomic mass is 32.1. The van der Waals surface area contributed by atoms with Gasteiger partial charge in [0.1, 0.15) is 11.9 Å². The van der Waals surface area contributed by atoms with Gasteiger partial charge in [0.2, 0.25) is 0 Å². The van der Waals surface area contributed by atoms with Gasteiger partial charge in [-0.15, -0.1) is 11.3 Å². The minimum absolute atomic E-state index is 0.0548. The van der Waals surface area contributed by atoms with Gasteiger partial charge in [-0.1, -0.05) is 26.8 Å². The Morgan fingerprint density at radius 3 is 2.47 bits per heavy atom. The van der Waals surface area contributed by atoms with E-state index in [1.54, 1.807) is 26.8 Å². The molecule has 0 aliphatic carbocycles. The van der Waals surface area contributed by atoms with Gasteiger partial charge in [-0.2, -0.15) is 0 Å². The number of fused-ring (bicyclic) bond motifs is 1. The zero-order valence-electron chi connectivity index (χ0n) is 25.9. The van der Waals surface area contributed by atoms with Crippen LogP contribution in [0.15, 0.2) is 35.1 Å². The van der Waals surface area contributed by atoms with Crippen LogP contribution in [0.25, 0.3) is 10.9 Å². The Morgan fingerprint density at radius 1 is 1.16 bits per heavy atom. The van der Waals surface area contributed by atoms with Crippen molar-refractivity contribution in [3.8, 4) is 0 Å². The number of thiophene rings is 1. The first-order chi connectivity index (χ1) is 20.1. The molecule has 0 saturated carbocycles. The van der Waals surface area contributed by atoms with Gasteiger partial charge in [0.25, 0.3) is 11.5 Å². The number of hydrogen-bond donors (Lipinski definition) is 3. The smallest absolute Gasteiger partial charge is 0.330 e. The minimum Gasteiger partial charge on any atom is -0.480 e. The molecule has 43 heavy (non-hydrogen) atoms. The number of amides is 1. The van der Waals surface area contributed by atoms with Gasteiger partial charge < -0.3 is 29.4 Å². The fourth-order valence-corrected chi connectivity index (χ4v) is 8.23. The number of hydrogen-bond acceptors (Lipinski definition) is 9. The van der Waals surface area contributed by atoms with Crippen molar-refractivity contribution in [3.63, 3.8) is 0 Å². The van der Waals surface area contributed by atoms with Crippen LogP contribution in [0.4, 0.5) is 5.00 Å². The highest BCUT2D eigenvalue weighted by Gasteiger charge is 2.34. The van der Waals surface area contributed by atoms with Crippen molar-refractivity contribution in [2.75, 3.05) is 31.3 Å². The third kappa shape index (κ3) is 9.72. The fourth-order valence-electron chi connectivity index (χ4n) is 5.40. The van der Waals surface area contributed by atoms with Gasteiger partial charge in [0.15, 0.2) is 0 Å². The molecule has 0 aliphatic heterocycles. The van der Waals surface area contributed by atoms with Crippen molar-refractivity contribution in [3.05, 3.63) is 57.0 Å². The van der Waals surface area contributed by atoms with E-state index in [1.807, 2.05) is 57.0 Å². The van der Waals surface area contributed by atoms with E-state index in [-0.39, 0.29) is 37.3 Å². The van der Waals surface area contributed by atoms with Crippen molar-refractivity contribution in [1.82, 2.24) is 15.3 Å². The lowest BCUT2D eigenvalue weighted by molar-refractivity contribution is -0.140. The number of carboxylic acids is 1. The normalized spacial score (nSPS) is 13.6. The van der Waals surface area contributed by atoms with Crippen LogP contribution in [0.5, 0.6) is 0 Å². The first-order valence-electron chi connectivity index (χ1n) is 14.4. The Kier molecular flexibility index (Phi) is 11.7. The van der Waals surface area contributed by atoms with Crippen LogP contribution >= 0.6 is 18.9 Å². The van der Waals surface area contributed by atoms with E-state index in [1.165, 1.54) is 11.3 Å². The number of anilines is 1. The van der Waals surface area contributed by atoms with Crippen molar-refractivity contribution in [2.45, 2.75) is 67.0 Å². The molecule has 2 heterocycles. The Hall–Kier alpha value is -3.05. The van der Waals surface area contributed by atoms with Crippen LogP contribution < -0.4 is 15.8 Å². The predicted octanol–water partition coefficient (Wildman–Crippen LogP) is 5.82. The van der Waals surface area contributed by atoms with Gasteiger partial charge in [-0.25, -0.2) is 9.78 Å². The summed E-state index contributed by atoms with van der Waals surface area (Å²) in [5.41, 5.74) is 0.871. The number of rotatable bonds is 16. The second kappa shape index (κ2) is 14.6. The molecule has 0 aliphatic rings. The van der Waals surface area contributed by atoms with Crippen LogP contribution in [0, 0.1) is 18.3 Å². The Labute approximate surface area is 256 Å². The van der Waals surface area contributed by atoms with Crippen molar-refractivity contribution in [2.24, 2.45) is 11.3 Å². The summed E-state index contributed by atoms with van der Waals surface area (Å²) in [6.45, 7) is 12.1. The largest absolute Gasteiger partial charge is 0.480 e. The van der Waals surface area contributed by atoms with Crippen LogP contribution in [-0.4, -0.2) is 59.4 Å². The summed E-state index contributed by atoms with van der Waals surface area (Å²) >= 11 is 1.26. The summed E-state index contributed by atoms with van der Waals surface area (Å²) in [5, 5.41) is 13.9. The average Bonchev–Trinajstić information content (AvgIpc) is 3.39. The molecule has 11 nitrogen and oxygen atoms in total. The van der Waals surface area contributed by atoms with E-state index in [2.05, 4.69) is 15.3 Å². The molecule has 1 unspecified atom stereocenters. The standard InChI is InChI=1S/C30H43N4O7PS/c1-8-40-42(39,41-9-2)18-19(3)15-30(5,6)16-24(29(37)38)33-28(36)25-12-13-26(43-25)34(7)17-21-10-11-23-22(14-21)27(35)32-20(4)31-23/h10-14,19,24H,8-9,15-18H2,1-7H3,(H,33,36)(H,37,38)(H,31,32,35)/t19?,24-/m0/s1. The second-order valence-corrected chi connectivity index (χ2v) is 14.8. The number of carbonyl (C=O) groups excluding carboxylic acids is 1. The molecule has 236 valence electrons. The summed E-state index contributed by atoms with van der Waals surface area (Å²) in [4.78, 5) is 47.0. The number of nitrogens with zero attached hydrogens (tertiary/aromatic N) is 2. The summed E-state index contributed by atoms with van der Waals surface area (Å²) in [5.74, 6) is -1.08. The van der Waals surface area contributed by atoms with E-state index in [0.717, 1.165) is 10.6 Å². The van der Waals surface area contributed by atoms with Crippen molar-refractivity contribution >= 4 is 46.7 Å². The number of aliphatic carboxylic acids is 1. The quantitative estimate of drug-likeness (QED) is 0.166. The SMILES string of the molecule is CCOP(=O)(CC(C)CC(C)(C)C[C@H](NC(=O)c1ccc(N(C)Cc2ccc3nc(C)[nH]c(=O)c3c2)s1)C(=O)O)OCC. The monoisotopic (exact) mass is 634 g/mol. The summed E-state index contributed by atoms with van der Waals surface area (Å²) < 4.78 is 23.8. The third-order valence-electron chi connectivity index (χ3n) is 6.95. The van der Waals surface area contributed by atoms with E-state index in [4.69, 9.17) is 9.05 Å². The zero-order valence-corrected chi connectivity index (χ0v) is 27.6. The summed E-state index contributed by atoms with van der Waals surface area (Å²) in [6, 6.07) is 7.93. The molecule has 3 aromatic rings. The molecule has 0 fully saturated rings. The second-order valence-electron chi connectivity index (χ2n) is 11.7. The van der Waals surface area contributed by atoms with Crippen LogP contribution in [0.2, 0.25) is 0 Å². The summed E-state index contributed by atoms with van der Waals surface area (Å²) in [7, 11) is -1.34. The van der Waals surface area contributed by atoms with E-state index in [9.17, 15) is 24.1 Å². The van der Waals surface area contributed by atoms with Gasteiger partial charge >= 0.3 is 13.6 Å². The lowest BCUT2D eigenvalue weighted by atomic mass is 9.78. The average molecular weight is 635 g/mol. The first kappa shape index (κ1) is 34.4. The zero-order chi connectivity index (χ0) is 31.9. The lowest BCUT2D eigenvalue weighted by Gasteiger charge is -2.32. The van der Waals surface area contributed by atoms with Gasteiger partial charge in [0, 0.05) is 13.6 Å². The predicted molar refractivity (Wildman–Crippen MR) is 170 cm³/mol. The van der Waals surface area contributed by atoms with E-state index < -0.39 is 30.9 Å². The molecule has 3 N–H and O–H groups in total. The number of carbonyl (C=O) groups is 2. The maximum absolute atomic E-state index is 13.1. The highest BCUT2D eigenvalue weighted by Crippen LogP contribution is 2.51. The maximum atomic E-state index is 13.1. The fraction of sp³-hybridized carbons (Fsp3) is 0.533. The van der Waals surface area contributed by atoms with Crippen molar-refractivity contribution in [1.29, 1.82) is 0 Å². The molecular weight excluding hydrogens is 591 g/mol. The number of benzene rings is 1. The lowest BCUT2D eigenvalue weighted by Crippen LogP contribution is -2.43. The number of nitrogens with one attached hydrogen (secondary N) is 2. The number of aryl methyl sites for hydroxylation is 1. The number of aromatic amines is 1. The number of aromatic nitrogens is 2. The highest BCUT2D eigenvalue weighted by molar-refractivity contribution is 7.53. The van der Waals surface area contributed by atoms with Gasteiger partial charge in [0.05, 0.1) is 40.2 Å². The van der Waals surface area contributed by atoms with Gasteiger partial charge in [-0.3, -0.25) is 14.2 Å².